The molecule has 0 aliphatic carbocycles. The summed E-state index contributed by atoms with van der Waals surface area (Å²) in [6.07, 6.45) is 1.70. The first kappa shape index (κ1) is 30.8. The summed E-state index contributed by atoms with van der Waals surface area (Å²) in [6, 6.07) is 5.91. The van der Waals surface area contributed by atoms with Crippen LogP contribution in [-0.2, 0) is 14.3 Å². The molecular weight excluding hydrogens is 462 g/mol. The Morgan fingerprint density at radius 3 is 1.94 bits per heavy atom. The van der Waals surface area contributed by atoms with Gasteiger partial charge in [-0.2, -0.15) is 11.8 Å². The fourth-order valence-electron chi connectivity index (χ4n) is 3.56. The highest BCUT2D eigenvalue weighted by atomic mass is 32.2. The molecule has 7 nitrogen and oxygen atoms in total. The molecule has 0 aliphatic heterocycles. The van der Waals surface area contributed by atoms with Gasteiger partial charge in [0.15, 0.2) is 0 Å². The maximum Gasteiger partial charge on any atom is 0.408 e. The van der Waals surface area contributed by atoms with Crippen LogP contribution in [0.15, 0.2) is 24.3 Å². The van der Waals surface area contributed by atoms with Gasteiger partial charge in [-0.1, -0.05) is 29.8 Å². The Morgan fingerprint density at radius 1 is 0.971 bits per heavy atom. The van der Waals surface area contributed by atoms with E-state index in [9.17, 15) is 14.4 Å². The van der Waals surface area contributed by atoms with Crippen molar-refractivity contribution >= 4 is 29.7 Å². The molecule has 0 fully saturated rings. The Bertz CT molecular complexity index is 864. The van der Waals surface area contributed by atoms with Gasteiger partial charge in [-0.3, -0.25) is 9.59 Å². The number of hydrogen-bond acceptors (Lipinski definition) is 5. The highest BCUT2D eigenvalue weighted by molar-refractivity contribution is 7.98. The van der Waals surface area contributed by atoms with E-state index in [1.54, 1.807) is 37.4 Å². The van der Waals surface area contributed by atoms with Crippen LogP contribution in [0.5, 0.6) is 0 Å². The summed E-state index contributed by atoms with van der Waals surface area (Å²) < 4.78 is 5.43. The van der Waals surface area contributed by atoms with Gasteiger partial charge in [-0.05, 0) is 93.2 Å². The second-order valence-corrected chi connectivity index (χ2v) is 12.9. The molecule has 0 saturated heterocycles. The molecule has 35 heavy (non-hydrogen) atoms. The molecular formula is C27H45N3O4S. The zero-order valence-corrected chi connectivity index (χ0v) is 24.2. The number of thioether (sulfide) groups is 1. The minimum atomic E-state index is -0.875. The Kier molecular flexibility index (Phi) is 10.7. The number of nitrogens with one attached hydrogen (secondary N) is 2. The monoisotopic (exact) mass is 507 g/mol. The van der Waals surface area contributed by atoms with Crippen LogP contribution in [0.1, 0.15) is 85.9 Å². The number of carbonyl (C=O) groups excluding carboxylic acids is 3. The van der Waals surface area contributed by atoms with Crippen LogP contribution in [0.4, 0.5) is 4.79 Å². The quantitative estimate of drug-likeness (QED) is 0.503. The second-order valence-electron chi connectivity index (χ2n) is 11.9. The lowest BCUT2D eigenvalue weighted by atomic mass is 9.94. The van der Waals surface area contributed by atoms with Crippen LogP contribution in [0, 0.1) is 6.92 Å². The standard InChI is InChI=1S/C27H45N3O4S/c1-18-12-14-19(15-13-18)21(22(31)29-25(2,3)4)30(26(5,6)7)23(32)20(16-17-35-11)28-24(33)34-27(8,9)10/h12-15,20-21H,16-17H2,1-11H3,(H,28,33)(H,29,31). The predicted molar refractivity (Wildman–Crippen MR) is 145 cm³/mol. The molecule has 0 saturated carbocycles. The first-order valence-corrected chi connectivity index (χ1v) is 13.5. The van der Waals surface area contributed by atoms with Crippen LogP contribution in [-0.4, -0.2) is 57.5 Å². The summed E-state index contributed by atoms with van der Waals surface area (Å²) in [4.78, 5) is 42.0. The first-order valence-electron chi connectivity index (χ1n) is 12.1. The molecule has 0 radical (unpaired) electrons. The lowest BCUT2D eigenvalue weighted by molar-refractivity contribution is -0.149. The smallest absolute Gasteiger partial charge is 0.408 e. The number of rotatable bonds is 8. The highest BCUT2D eigenvalue weighted by Crippen LogP contribution is 2.31. The van der Waals surface area contributed by atoms with E-state index in [0.29, 0.717) is 17.7 Å². The van der Waals surface area contributed by atoms with Crippen LogP contribution in [0.3, 0.4) is 0 Å². The molecule has 0 bridgehead atoms. The third-order valence-corrected chi connectivity index (χ3v) is 5.60. The molecule has 0 heterocycles. The molecule has 198 valence electrons. The van der Waals surface area contributed by atoms with Gasteiger partial charge in [0.25, 0.3) is 0 Å². The van der Waals surface area contributed by atoms with Gasteiger partial charge in [0, 0.05) is 11.1 Å². The Hall–Kier alpha value is -2.22. The highest BCUT2D eigenvalue weighted by Gasteiger charge is 2.42. The van der Waals surface area contributed by atoms with Gasteiger partial charge in [0.2, 0.25) is 11.8 Å². The molecule has 0 spiro atoms. The fraction of sp³-hybridized carbons (Fsp3) is 0.667. The molecule has 2 N–H and O–H groups in total. The number of alkyl carbamates (subject to hydrolysis) is 1. The number of amides is 3. The van der Waals surface area contributed by atoms with E-state index in [-0.39, 0.29) is 11.8 Å². The van der Waals surface area contributed by atoms with E-state index < -0.39 is 34.9 Å². The second kappa shape index (κ2) is 12.2. The summed E-state index contributed by atoms with van der Waals surface area (Å²) in [5.74, 6) is 0.0608. The van der Waals surface area contributed by atoms with Gasteiger partial charge < -0.3 is 20.3 Å². The van der Waals surface area contributed by atoms with E-state index in [0.717, 1.165) is 5.56 Å². The Labute approximate surface area is 216 Å². The number of hydrogen-bond donors (Lipinski definition) is 2. The lowest BCUT2D eigenvalue weighted by Gasteiger charge is -2.43. The van der Waals surface area contributed by atoms with E-state index in [2.05, 4.69) is 10.6 Å². The molecule has 0 aromatic heterocycles. The van der Waals surface area contributed by atoms with Crippen molar-refractivity contribution in [3.05, 3.63) is 35.4 Å². The molecule has 1 aromatic rings. The first-order chi connectivity index (χ1) is 15.9. The number of nitrogens with zero attached hydrogens (tertiary/aromatic N) is 1. The summed E-state index contributed by atoms with van der Waals surface area (Å²) in [5, 5.41) is 5.81. The van der Waals surface area contributed by atoms with E-state index >= 15 is 0 Å². The average molecular weight is 508 g/mol. The lowest BCUT2D eigenvalue weighted by Crippen LogP contribution is -2.59. The van der Waals surface area contributed by atoms with E-state index in [4.69, 9.17) is 4.74 Å². The molecule has 1 rings (SSSR count). The maximum absolute atomic E-state index is 14.1. The van der Waals surface area contributed by atoms with Crippen LogP contribution in [0.25, 0.3) is 0 Å². The topological polar surface area (TPSA) is 87.7 Å². The summed E-state index contributed by atoms with van der Waals surface area (Å²) in [6.45, 7) is 18.7. The van der Waals surface area contributed by atoms with Crippen LogP contribution in [0.2, 0.25) is 0 Å². The van der Waals surface area contributed by atoms with Gasteiger partial charge >= 0.3 is 6.09 Å². The van der Waals surface area contributed by atoms with Crippen molar-refractivity contribution < 1.29 is 19.1 Å². The fourth-order valence-corrected chi connectivity index (χ4v) is 4.03. The SMILES string of the molecule is CSCCC(NC(=O)OC(C)(C)C)C(=O)N(C(C(=O)NC(C)(C)C)c1ccc(C)cc1)C(C)(C)C. The van der Waals surface area contributed by atoms with E-state index in [1.807, 2.05) is 79.0 Å². The van der Waals surface area contributed by atoms with Crippen molar-refractivity contribution in [3.63, 3.8) is 0 Å². The summed E-state index contributed by atoms with van der Waals surface area (Å²) >= 11 is 1.59. The molecule has 1 aromatic carbocycles. The van der Waals surface area contributed by atoms with Crippen LogP contribution >= 0.6 is 11.8 Å². The predicted octanol–water partition coefficient (Wildman–Crippen LogP) is 5.22. The molecule has 0 aliphatic rings. The third-order valence-electron chi connectivity index (χ3n) is 4.96. The van der Waals surface area contributed by atoms with Crippen LogP contribution < -0.4 is 10.6 Å². The van der Waals surface area contributed by atoms with Gasteiger partial charge in [0.05, 0.1) is 0 Å². The Morgan fingerprint density at radius 2 is 1.51 bits per heavy atom. The summed E-state index contributed by atoms with van der Waals surface area (Å²) in [5.41, 5.74) is -0.129. The average Bonchev–Trinajstić information content (AvgIpc) is 2.65. The summed E-state index contributed by atoms with van der Waals surface area (Å²) in [7, 11) is 0. The van der Waals surface area contributed by atoms with Crippen molar-refractivity contribution in [1.29, 1.82) is 0 Å². The number of aryl methyl sites for hydroxylation is 1. The zero-order valence-electron chi connectivity index (χ0n) is 23.4. The third kappa shape index (κ3) is 10.5. The molecule has 2 unspecified atom stereocenters. The maximum atomic E-state index is 14.1. The molecule has 8 heteroatoms. The van der Waals surface area contributed by atoms with Gasteiger partial charge in [-0.25, -0.2) is 4.79 Å². The largest absolute Gasteiger partial charge is 0.444 e. The van der Waals surface area contributed by atoms with Crippen molar-refractivity contribution in [2.24, 2.45) is 0 Å². The normalized spacial score (nSPS) is 14.0. The van der Waals surface area contributed by atoms with Crippen molar-refractivity contribution in [1.82, 2.24) is 15.5 Å². The van der Waals surface area contributed by atoms with Crippen molar-refractivity contribution in [2.45, 2.75) is 104 Å². The van der Waals surface area contributed by atoms with Gasteiger partial charge in [-0.15, -0.1) is 0 Å². The van der Waals surface area contributed by atoms with Crippen molar-refractivity contribution in [3.8, 4) is 0 Å². The van der Waals surface area contributed by atoms with E-state index in [1.165, 1.54) is 0 Å². The molecule has 2 atom stereocenters. The Balaban J connectivity index is 3.55. The number of carbonyl (C=O) groups is 3. The zero-order chi connectivity index (χ0) is 27.2. The van der Waals surface area contributed by atoms with Crippen molar-refractivity contribution in [2.75, 3.05) is 12.0 Å². The number of benzene rings is 1. The molecule has 3 amide bonds. The van der Waals surface area contributed by atoms with Gasteiger partial charge in [0.1, 0.15) is 17.7 Å². The number of ether oxygens (including phenoxy) is 1. The minimum absolute atomic E-state index is 0.273. The minimum Gasteiger partial charge on any atom is -0.444 e.